The molecule has 4 nitrogen and oxygen atoms in total. The molecular formula is C26H25ClN2O2. The Morgan fingerprint density at radius 2 is 1.52 bits per heavy atom. The molecule has 3 rings (SSSR count). The Morgan fingerprint density at radius 1 is 0.903 bits per heavy atom. The molecule has 5 heteroatoms. The molecule has 2 amide bonds. The Hall–Kier alpha value is -3.37. The maximum Gasteiger partial charge on any atom is 0.247 e. The molecule has 1 N–H and O–H groups in total. The second-order valence-corrected chi connectivity index (χ2v) is 7.59. The summed E-state index contributed by atoms with van der Waals surface area (Å²) in [4.78, 5) is 28.3. The van der Waals surface area contributed by atoms with Crippen molar-refractivity contribution >= 4 is 23.4 Å². The van der Waals surface area contributed by atoms with E-state index in [0.29, 0.717) is 18.1 Å². The van der Waals surface area contributed by atoms with Gasteiger partial charge >= 0.3 is 0 Å². The molecule has 3 aromatic carbocycles. The zero-order valence-corrected chi connectivity index (χ0v) is 18.0. The highest BCUT2D eigenvalue weighted by Crippen LogP contribution is 2.25. The van der Waals surface area contributed by atoms with Gasteiger partial charge in [-0.25, -0.2) is 0 Å². The first kappa shape index (κ1) is 22.3. The van der Waals surface area contributed by atoms with Crippen molar-refractivity contribution in [1.29, 1.82) is 0 Å². The number of carbonyl (C=O) groups excluding carboxylic acids is 2. The van der Waals surface area contributed by atoms with Gasteiger partial charge in [-0.1, -0.05) is 90.5 Å². The van der Waals surface area contributed by atoms with Gasteiger partial charge in [-0.3, -0.25) is 9.59 Å². The van der Waals surface area contributed by atoms with Crippen molar-refractivity contribution in [2.24, 2.45) is 0 Å². The molecule has 0 aliphatic heterocycles. The number of nitrogens with zero attached hydrogens (tertiary/aromatic N) is 1. The van der Waals surface area contributed by atoms with Crippen molar-refractivity contribution in [3.8, 4) is 0 Å². The van der Waals surface area contributed by atoms with Crippen LogP contribution in [0, 0.1) is 0 Å². The lowest BCUT2D eigenvalue weighted by Crippen LogP contribution is -2.44. The minimum absolute atomic E-state index is 0.145. The van der Waals surface area contributed by atoms with Crippen LogP contribution >= 0.6 is 11.6 Å². The van der Waals surface area contributed by atoms with Crippen LogP contribution in [0.15, 0.2) is 97.6 Å². The zero-order chi connectivity index (χ0) is 22.1. The molecule has 0 unspecified atom stereocenters. The number of benzene rings is 3. The van der Waals surface area contributed by atoms with E-state index in [9.17, 15) is 9.59 Å². The van der Waals surface area contributed by atoms with Gasteiger partial charge in [-0.05, 0) is 28.8 Å². The first-order valence-electron chi connectivity index (χ1n) is 10.1. The molecule has 0 aliphatic carbocycles. The SMILES string of the molecule is C=CCNC(=O)[C@@H](c1ccccc1)N(Cc1ccccc1)C(=O)Cc1ccc(Cl)cc1. The van der Waals surface area contributed by atoms with Crippen LogP contribution in [0.2, 0.25) is 5.02 Å². The Balaban J connectivity index is 1.97. The van der Waals surface area contributed by atoms with Gasteiger partial charge in [0.15, 0.2) is 0 Å². The Kier molecular flexibility index (Phi) is 8.02. The van der Waals surface area contributed by atoms with Crippen LogP contribution in [-0.2, 0) is 22.6 Å². The largest absolute Gasteiger partial charge is 0.351 e. The van der Waals surface area contributed by atoms with E-state index in [1.54, 1.807) is 23.1 Å². The van der Waals surface area contributed by atoms with E-state index >= 15 is 0 Å². The average Bonchev–Trinajstić information content (AvgIpc) is 2.80. The fraction of sp³-hybridized carbons (Fsp3) is 0.154. The van der Waals surface area contributed by atoms with Gasteiger partial charge < -0.3 is 10.2 Å². The predicted octanol–water partition coefficient (Wildman–Crippen LogP) is 4.95. The van der Waals surface area contributed by atoms with Crippen molar-refractivity contribution in [3.63, 3.8) is 0 Å². The summed E-state index contributed by atoms with van der Waals surface area (Å²) in [5.41, 5.74) is 2.54. The number of halogens is 1. The van der Waals surface area contributed by atoms with Gasteiger partial charge in [-0.15, -0.1) is 6.58 Å². The lowest BCUT2D eigenvalue weighted by Gasteiger charge is -2.31. The molecular weight excluding hydrogens is 408 g/mol. The maximum absolute atomic E-state index is 13.5. The maximum atomic E-state index is 13.5. The number of rotatable bonds is 9. The lowest BCUT2D eigenvalue weighted by molar-refractivity contribution is -0.141. The van der Waals surface area contributed by atoms with E-state index in [1.807, 2.05) is 72.8 Å². The van der Waals surface area contributed by atoms with Crippen molar-refractivity contribution in [3.05, 3.63) is 119 Å². The highest BCUT2D eigenvalue weighted by Gasteiger charge is 2.31. The minimum Gasteiger partial charge on any atom is -0.351 e. The molecule has 0 heterocycles. The summed E-state index contributed by atoms with van der Waals surface area (Å²) >= 11 is 5.98. The smallest absolute Gasteiger partial charge is 0.247 e. The quantitative estimate of drug-likeness (QED) is 0.486. The van der Waals surface area contributed by atoms with Crippen LogP contribution in [0.25, 0.3) is 0 Å². The van der Waals surface area contributed by atoms with Gasteiger partial charge in [-0.2, -0.15) is 0 Å². The fourth-order valence-electron chi connectivity index (χ4n) is 3.36. The fourth-order valence-corrected chi connectivity index (χ4v) is 3.49. The van der Waals surface area contributed by atoms with Crippen LogP contribution in [0.3, 0.4) is 0 Å². The highest BCUT2D eigenvalue weighted by atomic mass is 35.5. The number of hydrogen-bond acceptors (Lipinski definition) is 2. The van der Waals surface area contributed by atoms with E-state index in [-0.39, 0.29) is 18.2 Å². The highest BCUT2D eigenvalue weighted by molar-refractivity contribution is 6.30. The van der Waals surface area contributed by atoms with Crippen LogP contribution < -0.4 is 5.32 Å². The molecule has 0 fully saturated rings. The van der Waals surface area contributed by atoms with Gasteiger partial charge in [0, 0.05) is 18.1 Å². The zero-order valence-electron chi connectivity index (χ0n) is 17.2. The first-order chi connectivity index (χ1) is 15.1. The van der Waals surface area contributed by atoms with Gasteiger partial charge in [0.1, 0.15) is 6.04 Å². The lowest BCUT2D eigenvalue weighted by atomic mass is 10.0. The molecule has 0 spiro atoms. The summed E-state index contributed by atoms with van der Waals surface area (Å²) in [5.74, 6) is -0.389. The van der Waals surface area contributed by atoms with Crippen molar-refractivity contribution in [2.75, 3.05) is 6.54 Å². The van der Waals surface area contributed by atoms with E-state index in [0.717, 1.165) is 16.7 Å². The number of hydrogen-bond donors (Lipinski definition) is 1. The standard InChI is InChI=1S/C26H25ClN2O2/c1-2-17-28-26(31)25(22-11-7-4-8-12-22)29(19-21-9-5-3-6-10-21)24(30)18-20-13-15-23(27)16-14-20/h2-16,25H,1,17-19H2,(H,28,31)/t25-/m1/s1. The monoisotopic (exact) mass is 432 g/mol. The summed E-state index contributed by atoms with van der Waals surface area (Å²) in [6.45, 7) is 4.31. The molecule has 0 bridgehead atoms. The molecule has 3 aromatic rings. The molecule has 0 saturated carbocycles. The third-order valence-corrected chi connectivity index (χ3v) is 5.13. The normalized spacial score (nSPS) is 11.4. The third kappa shape index (κ3) is 6.30. The summed E-state index contributed by atoms with van der Waals surface area (Å²) in [5, 5.41) is 3.47. The molecule has 0 saturated heterocycles. The van der Waals surface area contributed by atoms with Crippen LogP contribution in [-0.4, -0.2) is 23.3 Å². The molecule has 158 valence electrons. The van der Waals surface area contributed by atoms with Crippen LogP contribution in [0.4, 0.5) is 0 Å². The van der Waals surface area contributed by atoms with Crippen LogP contribution in [0.5, 0.6) is 0 Å². The molecule has 31 heavy (non-hydrogen) atoms. The van der Waals surface area contributed by atoms with Crippen molar-refractivity contribution in [2.45, 2.75) is 19.0 Å². The molecule has 0 radical (unpaired) electrons. The number of nitrogens with one attached hydrogen (secondary N) is 1. The Labute approximate surface area is 188 Å². The minimum atomic E-state index is -0.763. The van der Waals surface area contributed by atoms with E-state index in [2.05, 4.69) is 11.9 Å². The van der Waals surface area contributed by atoms with Gasteiger partial charge in [0.2, 0.25) is 11.8 Å². The molecule has 1 atom stereocenters. The second kappa shape index (κ2) is 11.1. The van der Waals surface area contributed by atoms with Crippen molar-refractivity contribution in [1.82, 2.24) is 10.2 Å². The van der Waals surface area contributed by atoms with E-state index < -0.39 is 6.04 Å². The summed E-state index contributed by atoms with van der Waals surface area (Å²) in [6.07, 6.45) is 1.79. The number of carbonyl (C=O) groups is 2. The Morgan fingerprint density at radius 3 is 2.13 bits per heavy atom. The predicted molar refractivity (Wildman–Crippen MR) is 125 cm³/mol. The van der Waals surface area contributed by atoms with Crippen molar-refractivity contribution < 1.29 is 9.59 Å². The van der Waals surface area contributed by atoms with E-state index in [4.69, 9.17) is 11.6 Å². The summed E-state index contributed by atoms with van der Waals surface area (Å²) < 4.78 is 0. The van der Waals surface area contributed by atoms with E-state index in [1.165, 1.54) is 0 Å². The first-order valence-corrected chi connectivity index (χ1v) is 10.5. The Bertz CT molecular complexity index is 1000. The summed E-state index contributed by atoms with van der Waals surface area (Å²) in [7, 11) is 0. The second-order valence-electron chi connectivity index (χ2n) is 7.16. The van der Waals surface area contributed by atoms with Crippen LogP contribution in [0.1, 0.15) is 22.7 Å². The molecule has 0 aromatic heterocycles. The third-order valence-electron chi connectivity index (χ3n) is 4.88. The van der Waals surface area contributed by atoms with Gasteiger partial charge in [0.25, 0.3) is 0 Å². The summed E-state index contributed by atoms with van der Waals surface area (Å²) in [6, 6.07) is 25.5. The average molecular weight is 433 g/mol. The molecule has 0 aliphatic rings. The number of amides is 2. The topological polar surface area (TPSA) is 49.4 Å². The van der Waals surface area contributed by atoms with Gasteiger partial charge in [0.05, 0.1) is 6.42 Å².